The van der Waals surface area contributed by atoms with Crippen molar-refractivity contribution in [3.63, 3.8) is 0 Å². The number of nitrogens with zero attached hydrogens (tertiary/aromatic N) is 3. The molecular formula is C20H28N4O6S. The van der Waals surface area contributed by atoms with Gasteiger partial charge in [0.2, 0.25) is 5.91 Å². The Morgan fingerprint density at radius 3 is 2.74 bits per heavy atom. The number of benzene rings is 1. The van der Waals surface area contributed by atoms with Crippen molar-refractivity contribution in [3.05, 3.63) is 30.5 Å². The van der Waals surface area contributed by atoms with Gasteiger partial charge in [0.1, 0.15) is 40.7 Å². The number of amides is 1. The Morgan fingerprint density at radius 2 is 2.10 bits per heavy atom. The number of aromatic nitrogens is 3. The van der Waals surface area contributed by atoms with E-state index >= 15 is 0 Å². The quantitative estimate of drug-likeness (QED) is 0.355. The van der Waals surface area contributed by atoms with Crippen LogP contribution < -0.4 is 10.1 Å². The van der Waals surface area contributed by atoms with Gasteiger partial charge >= 0.3 is 0 Å². The highest BCUT2D eigenvalue weighted by Gasteiger charge is 2.47. The number of carbonyl (C=O) groups excluding carboxylic acids is 1. The Hall–Kier alpha value is -2.18. The van der Waals surface area contributed by atoms with Gasteiger partial charge in [-0.15, -0.1) is 17.7 Å². The monoisotopic (exact) mass is 452 g/mol. The van der Waals surface area contributed by atoms with Crippen LogP contribution in [0.2, 0.25) is 0 Å². The molecular weight excluding hydrogens is 424 g/mol. The fourth-order valence-corrected chi connectivity index (χ4v) is 3.45. The van der Waals surface area contributed by atoms with Crippen LogP contribution in [-0.2, 0) is 20.8 Å². The predicted octanol–water partition coefficient (Wildman–Crippen LogP) is 0.588. The van der Waals surface area contributed by atoms with Crippen molar-refractivity contribution < 1.29 is 29.2 Å². The van der Waals surface area contributed by atoms with Crippen LogP contribution in [0.4, 0.5) is 0 Å². The second kappa shape index (κ2) is 9.53. The van der Waals surface area contributed by atoms with E-state index < -0.39 is 35.6 Å². The molecule has 1 aromatic heterocycles. The van der Waals surface area contributed by atoms with Crippen molar-refractivity contribution in [2.45, 2.75) is 62.9 Å². The second-order valence-electron chi connectivity index (χ2n) is 7.87. The zero-order valence-electron chi connectivity index (χ0n) is 17.8. The van der Waals surface area contributed by atoms with Crippen LogP contribution in [0.5, 0.6) is 5.75 Å². The van der Waals surface area contributed by atoms with Crippen LogP contribution in [0, 0.1) is 0 Å². The minimum atomic E-state index is -1.32. The van der Waals surface area contributed by atoms with Crippen molar-refractivity contribution in [3.8, 4) is 17.0 Å². The van der Waals surface area contributed by atoms with Crippen LogP contribution >= 0.6 is 12.6 Å². The summed E-state index contributed by atoms with van der Waals surface area (Å²) in [6.07, 6.45) is -2.79. The molecule has 1 fully saturated rings. The van der Waals surface area contributed by atoms with E-state index in [1.54, 1.807) is 27.2 Å². The molecule has 0 saturated carbocycles. The van der Waals surface area contributed by atoms with E-state index in [0.717, 1.165) is 5.56 Å². The smallest absolute Gasteiger partial charge is 0.217 e. The van der Waals surface area contributed by atoms with E-state index in [9.17, 15) is 15.0 Å². The van der Waals surface area contributed by atoms with E-state index in [1.165, 1.54) is 11.6 Å². The molecule has 11 heteroatoms. The van der Waals surface area contributed by atoms with Gasteiger partial charge < -0.3 is 29.7 Å². The first-order valence-electron chi connectivity index (χ1n) is 9.81. The third-order valence-electron chi connectivity index (χ3n) is 4.75. The van der Waals surface area contributed by atoms with Gasteiger partial charge in [0.05, 0.1) is 19.9 Å². The van der Waals surface area contributed by atoms with Gasteiger partial charge in [-0.25, -0.2) is 4.68 Å². The fraction of sp³-hybridized carbons (Fsp3) is 0.550. The molecule has 0 aliphatic carbocycles. The SMILES string of the molecule is COc1cccc(-c2cn(C[C@H]3OC(OC(C)(C)S)[C@H](NC(C)=O)[C@@H](O)[C@H]3O)nn2)c1. The molecule has 1 aromatic carbocycles. The van der Waals surface area contributed by atoms with Crippen LogP contribution in [-0.4, -0.2) is 73.8 Å². The summed E-state index contributed by atoms with van der Waals surface area (Å²) in [5.41, 5.74) is 1.43. The van der Waals surface area contributed by atoms with Gasteiger partial charge in [-0.1, -0.05) is 17.3 Å². The van der Waals surface area contributed by atoms with E-state index in [-0.39, 0.29) is 12.5 Å². The molecule has 3 rings (SSSR count). The van der Waals surface area contributed by atoms with Crippen molar-refractivity contribution >= 4 is 18.5 Å². The van der Waals surface area contributed by atoms with Gasteiger partial charge in [-0.05, 0) is 26.0 Å². The first kappa shape index (κ1) is 23.5. The number of ether oxygens (including phenoxy) is 3. The maximum Gasteiger partial charge on any atom is 0.217 e. The Kier molecular flexibility index (Phi) is 7.22. The van der Waals surface area contributed by atoms with Gasteiger partial charge in [0, 0.05) is 12.5 Å². The summed E-state index contributed by atoms with van der Waals surface area (Å²) in [6, 6.07) is 6.43. The number of nitrogens with one attached hydrogen (secondary N) is 1. The summed E-state index contributed by atoms with van der Waals surface area (Å²) in [5, 5.41) is 32.1. The number of thiol groups is 1. The molecule has 5 atom stereocenters. The fourth-order valence-electron chi connectivity index (χ4n) is 3.34. The van der Waals surface area contributed by atoms with Crippen LogP contribution in [0.1, 0.15) is 20.8 Å². The number of rotatable bonds is 7. The van der Waals surface area contributed by atoms with Crippen LogP contribution in [0.25, 0.3) is 11.3 Å². The summed E-state index contributed by atoms with van der Waals surface area (Å²) in [4.78, 5) is 10.7. The van der Waals surface area contributed by atoms with Crippen LogP contribution in [0.15, 0.2) is 30.5 Å². The van der Waals surface area contributed by atoms with E-state index in [0.29, 0.717) is 11.4 Å². The van der Waals surface area contributed by atoms with Gasteiger partial charge in [0.25, 0.3) is 0 Å². The van der Waals surface area contributed by atoms with Crippen molar-refractivity contribution in [1.82, 2.24) is 20.3 Å². The number of carbonyl (C=O) groups is 1. The molecule has 170 valence electrons. The normalized spacial score (nSPS) is 26.5. The summed E-state index contributed by atoms with van der Waals surface area (Å²) < 4.78 is 18.4. The van der Waals surface area contributed by atoms with Crippen molar-refractivity contribution in [2.75, 3.05) is 7.11 Å². The van der Waals surface area contributed by atoms with Crippen molar-refractivity contribution in [2.24, 2.45) is 0 Å². The molecule has 1 unspecified atom stereocenters. The van der Waals surface area contributed by atoms with E-state index in [1.807, 2.05) is 24.3 Å². The zero-order chi connectivity index (χ0) is 22.8. The lowest BCUT2D eigenvalue weighted by Crippen LogP contribution is -2.65. The largest absolute Gasteiger partial charge is 0.497 e. The average Bonchev–Trinajstić information content (AvgIpc) is 3.16. The molecule has 2 heterocycles. The molecule has 0 radical (unpaired) electrons. The maximum atomic E-state index is 11.6. The molecule has 10 nitrogen and oxygen atoms in total. The molecule has 1 aliphatic rings. The predicted molar refractivity (Wildman–Crippen MR) is 114 cm³/mol. The highest BCUT2D eigenvalue weighted by atomic mass is 32.1. The first-order valence-corrected chi connectivity index (χ1v) is 10.3. The summed E-state index contributed by atoms with van der Waals surface area (Å²) >= 11 is 4.34. The number of hydrogen-bond acceptors (Lipinski definition) is 9. The topological polar surface area (TPSA) is 128 Å². The van der Waals surface area contributed by atoms with Crippen LogP contribution in [0.3, 0.4) is 0 Å². The number of aliphatic hydroxyl groups excluding tert-OH is 2. The highest BCUT2D eigenvalue weighted by molar-refractivity contribution is 7.81. The molecule has 2 aromatic rings. The lowest BCUT2D eigenvalue weighted by atomic mass is 9.96. The maximum absolute atomic E-state index is 11.6. The lowest BCUT2D eigenvalue weighted by Gasteiger charge is -2.44. The number of aliphatic hydroxyl groups is 2. The minimum absolute atomic E-state index is 0.106. The zero-order valence-corrected chi connectivity index (χ0v) is 18.7. The standard InChI is InChI=1S/C20H28N4O6S/c1-11(25)21-16-18(27)17(26)15(29-19(16)30-20(2,3)31)10-24-9-14(22-23-24)12-6-5-7-13(8-12)28-4/h5-9,15-19,26-27,31H,10H2,1-4H3,(H,21,25)/t15-,16-,17+,18-,19?/m1/s1. The van der Waals surface area contributed by atoms with E-state index in [2.05, 4.69) is 28.3 Å². The minimum Gasteiger partial charge on any atom is -0.497 e. The third-order valence-corrected chi connectivity index (χ3v) is 4.85. The molecule has 1 amide bonds. The van der Waals surface area contributed by atoms with Gasteiger partial charge in [0.15, 0.2) is 6.29 Å². The average molecular weight is 453 g/mol. The molecule has 1 aliphatic heterocycles. The Bertz CT molecular complexity index is 902. The Labute approximate surface area is 185 Å². The van der Waals surface area contributed by atoms with Crippen molar-refractivity contribution in [1.29, 1.82) is 0 Å². The number of hydrogen-bond donors (Lipinski definition) is 4. The molecule has 1 saturated heterocycles. The highest BCUT2D eigenvalue weighted by Crippen LogP contribution is 2.28. The lowest BCUT2D eigenvalue weighted by molar-refractivity contribution is -0.280. The summed E-state index contributed by atoms with van der Waals surface area (Å²) in [6.45, 7) is 4.82. The van der Waals surface area contributed by atoms with Gasteiger partial charge in [-0.3, -0.25) is 4.79 Å². The number of methoxy groups -OCH3 is 1. The molecule has 3 N–H and O–H groups in total. The Morgan fingerprint density at radius 1 is 1.35 bits per heavy atom. The molecule has 0 bridgehead atoms. The Balaban J connectivity index is 1.77. The van der Waals surface area contributed by atoms with Gasteiger partial charge in [-0.2, -0.15) is 0 Å². The second-order valence-corrected chi connectivity index (χ2v) is 8.95. The summed E-state index contributed by atoms with van der Waals surface area (Å²) in [5.74, 6) is 0.308. The molecule has 0 spiro atoms. The summed E-state index contributed by atoms with van der Waals surface area (Å²) in [7, 11) is 1.59. The first-order chi connectivity index (χ1) is 14.6. The van der Waals surface area contributed by atoms with E-state index in [4.69, 9.17) is 14.2 Å². The molecule has 31 heavy (non-hydrogen) atoms. The third kappa shape index (κ3) is 5.95.